The Bertz CT molecular complexity index is 743. The van der Waals surface area contributed by atoms with E-state index in [0.29, 0.717) is 11.8 Å². The zero-order valence-corrected chi connectivity index (χ0v) is 16.2. The molecule has 4 rings (SSSR count). The lowest BCUT2D eigenvalue weighted by molar-refractivity contribution is 0.122. The molecule has 2 aromatic heterocycles. The van der Waals surface area contributed by atoms with Crippen LogP contribution in [0.15, 0.2) is 16.9 Å². The molecule has 2 aromatic rings. The second-order valence-corrected chi connectivity index (χ2v) is 7.68. The molecule has 0 radical (unpaired) electrons. The molecule has 0 unspecified atom stereocenters. The molecular formula is C19H28N6O2. The van der Waals surface area contributed by atoms with E-state index in [9.17, 15) is 0 Å². The maximum atomic E-state index is 5.44. The van der Waals surface area contributed by atoms with E-state index in [0.717, 1.165) is 76.1 Å². The number of anilines is 1. The molecule has 8 heteroatoms. The van der Waals surface area contributed by atoms with Crippen LogP contribution in [0.2, 0.25) is 0 Å². The molecule has 0 aromatic carbocycles. The fourth-order valence-corrected chi connectivity index (χ4v) is 3.76. The first-order valence-electron chi connectivity index (χ1n) is 9.88. The predicted molar refractivity (Wildman–Crippen MR) is 101 cm³/mol. The maximum Gasteiger partial charge on any atom is 0.229 e. The van der Waals surface area contributed by atoms with Gasteiger partial charge in [0.05, 0.1) is 25.5 Å². The van der Waals surface area contributed by atoms with E-state index < -0.39 is 0 Å². The third kappa shape index (κ3) is 4.44. The highest BCUT2D eigenvalue weighted by molar-refractivity contribution is 5.40. The van der Waals surface area contributed by atoms with E-state index in [-0.39, 0.29) is 5.92 Å². The number of hydrogen-bond acceptors (Lipinski definition) is 8. The van der Waals surface area contributed by atoms with Crippen LogP contribution in [0.3, 0.4) is 0 Å². The molecule has 0 amide bonds. The summed E-state index contributed by atoms with van der Waals surface area (Å²) in [5.74, 6) is 3.18. The number of nitrogens with zero attached hydrogens (tertiary/aromatic N) is 6. The molecule has 2 aliphatic rings. The molecule has 4 heterocycles. The van der Waals surface area contributed by atoms with E-state index in [4.69, 9.17) is 9.26 Å². The number of morpholine rings is 1. The first-order valence-corrected chi connectivity index (χ1v) is 9.88. The molecule has 0 saturated carbocycles. The SMILES string of the molecule is CC(C)c1nc(CN2CCC[C@H](c3cc(N4CCOCC4)ncn3)C2)no1. The Labute approximate surface area is 159 Å². The normalized spacial score (nSPS) is 21.7. The number of hydrogen-bond donors (Lipinski definition) is 0. The summed E-state index contributed by atoms with van der Waals surface area (Å²) < 4.78 is 10.8. The van der Waals surface area contributed by atoms with Crippen LogP contribution >= 0.6 is 0 Å². The van der Waals surface area contributed by atoms with Gasteiger partial charge in [0.1, 0.15) is 12.1 Å². The van der Waals surface area contributed by atoms with E-state index in [2.05, 4.69) is 49.8 Å². The van der Waals surface area contributed by atoms with Gasteiger partial charge in [-0.05, 0) is 19.4 Å². The lowest BCUT2D eigenvalue weighted by Gasteiger charge is -2.32. The summed E-state index contributed by atoms with van der Waals surface area (Å²) in [6, 6.07) is 2.16. The molecule has 0 N–H and O–H groups in total. The maximum absolute atomic E-state index is 5.44. The Morgan fingerprint density at radius 2 is 2.04 bits per heavy atom. The van der Waals surface area contributed by atoms with Crippen molar-refractivity contribution in [2.75, 3.05) is 44.3 Å². The summed E-state index contributed by atoms with van der Waals surface area (Å²) in [6.45, 7) is 10.2. The molecule has 2 fully saturated rings. The smallest absolute Gasteiger partial charge is 0.229 e. The largest absolute Gasteiger partial charge is 0.378 e. The Balaban J connectivity index is 1.41. The molecule has 2 aliphatic heterocycles. The van der Waals surface area contributed by atoms with Gasteiger partial charge in [0, 0.05) is 37.5 Å². The molecule has 0 bridgehead atoms. The summed E-state index contributed by atoms with van der Waals surface area (Å²) in [4.78, 5) is 18.3. The van der Waals surface area contributed by atoms with Crippen molar-refractivity contribution in [1.82, 2.24) is 25.0 Å². The average molecular weight is 372 g/mol. The topological polar surface area (TPSA) is 80.4 Å². The first kappa shape index (κ1) is 18.3. The Hall–Kier alpha value is -2.06. The van der Waals surface area contributed by atoms with Gasteiger partial charge in [-0.2, -0.15) is 4.98 Å². The quantitative estimate of drug-likeness (QED) is 0.790. The second kappa shape index (κ2) is 8.31. The first-order chi connectivity index (χ1) is 13.2. The third-order valence-corrected chi connectivity index (χ3v) is 5.28. The standard InChI is InChI=1S/C19H28N6O2/c1-14(2)19-22-17(23-27-19)12-24-5-3-4-15(11-24)16-10-18(21-13-20-16)25-6-8-26-9-7-25/h10,13-15H,3-9,11-12H2,1-2H3/t15-/m0/s1. The van der Waals surface area contributed by atoms with Crippen molar-refractivity contribution < 1.29 is 9.26 Å². The summed E-state index contributed by atoms with van der Waals surface area (Å²) >= 11 is 0. The zero-order valence-electron chi connectivity index (χ0n) is 16.2. The number of aromatic nitrogens is 4. The van der Waals surface area contributed by atoms with Crippen molar-refractivity contribution in [1.29, 1.82) is 0 Å². The average Bonchev–Trinajstić information content (AvgIpc) is 3.18. The summed E-state index contributed by atoms with van der Waals surface area (Å²) in [7, 11) is 0. The highest BCUT2D eigenvalue weighted by Crippen LogP contribution is 2.28. The monoisotopic (exact) mass is 372 g/mol. The van der Waals surface area contributed by atoms with Gasteiger partial charge >= 0.3 is 0 Å². The molecular weight excluding hydrogens is 344 g/mol. The van der Waals surface area contributed by atoms with Crippen molar-refractivity contribution in [3.05, 3.63) is 29.8 Å². The minimum absolute atomic E-state index is 0.264. The molecule has 8 nitrogen and oxygen atoms in total. The van der Waals surface area contributed by atoms with E-state index in [1.807, 2.05) is 0 Å². The number of likely N-dealkylation sites (tertiary alicyclic amines) is 1. The van der Waals surface area contributed by atoms with E-state index in [1.54, 1.807) is 6.33 Å². The minimum atomic E-state index is 0.264. The van der Waals surface area contributed by atoms with Crippen molar-refractivity contribution in [2.45, 2.75) is 45.1 Å². The third-order valence-electron chi connectivity index (χ3n) is 5.28. The molecule has 146 valence electrons. The summed E-state index contributed by atoms with van der Waals surface area (Å²) in [5, 5.41) is 4.13. The van der Waals surface area contributed by atoms with Crippen molar-refractivity contribution in [3.63, 3.8) is 0 Å². The number of rotatable bonds is 5. The molecule has 0 spiro atoms. The van der Waals surface area contributed by atoms with Crippen LogP contribution in [-0.4, -0.2) is 64.4 Å². The fourth-order valence-electron chi connectivity index (χ4n) is 3.76. The van der Waals surface area contributed by atoms with Crippen LogP contribution in [0.25, 0.3) is 0 Å². The van der Waals surface area contributed by atoms with Crippen LogP contribution in [-0.2, 0) is 11.3 Å². The van der Waals surface area contributed by atoms with Gasteiger partial charge in [-0.3, -0.25) is 4.90 Å². The van der Waals surface area contributed by atoms with E-state index >= 15 is 0 Å². The Kier molecular flexibility index (Phi) is 5.63. The van der Waals surface area contributed by atoms with Gasteiger partial charge in [-0.25, -0.2) is 9.97 Å². The molecule has 27 heavy (non-hydrogen) atoms. The van der Waals surface area contributed by atoms with Gasteiger partial charge in [-0.1, -0.05) is 19.0 Å². The van der Waals surface area contributed by atoms with Crippen LogP contribution in [0.4, 0.5) is 5.82 Å². The van der Waals surface area contributed by atoms with Gasteiger partial charge in [0.2, 0.25) is 5.89 Å². The lowest BCUT2D eigenvalue weighted by atomic mass is 9.94. The number of piperidine rings is 1. The Morgan fingerprint density at radius 3 is 2.81 bits per heavy atom. The van der Waals surface area contributed by atoms with Crippen molar-refractivity contribution >= 4 is 5.82 Å². The molecule has 2 saturated heterocycles. The highest BCUT2D eigenvalue weighted by atomic mass is 16.5. The van der Waals surface area contributed by atoms with Gasteiger partial charge in [0.25, 0.3) is 0 Å². The van der Waals surface area contributed by atoms with Crippen LogP contribution in [0.1, 0.15) is 55.9 Å². The van der Waals surface area contributed by atoms with Crippen LogP contribution < -0.4 is 4.90 Å². The molecule has 1 atom stereocenters. The van der Waals surface area contributed by atoms with E-state index in [1.165, 1.54) is 0 Å². The predicted octanol–water partition coefficient (Wildman–Crippen LogP) is 2.20. The van der Waals surface area contributed by atoms with Crippen molar-refractivity contribution in [3.8, 4) is 0 Å². The fraction of sp³-hybridized carbons (Fsp3) is 0.684. The van der Waals surface area contributed by atoms with Crippen molar-refractivity contribution in [2.24, 2.45) is 0 Å². The minimum Gasteiger partial charge on any atom is -0.378 e. The summed E-state index contributed by atoms with van der Waals surface area (Å²) in [5.41, 5.74) is 1.13. The second-order valence-electron chi connectivity index (χ2n) is 7.68. The van der Waals surface area contributed by atoms with Gasteiger partial charge in [-0.15, -0.1) is 0 Å². The molecule has 0 aliphatic carbocycles. The summed E-state index contributed by atoms with van der Waals surface area (Å²) in [6.07, 6.45) is 4.00. The van der Waals surface area contributed by atoms with Gasteiger partial charge in [0.15, 0.2) is 5.82 Å². The van der Waals surface area contributed by atoms with Gasteiger partial charge < -0.3 is 14.2 Å². The Morgan fingerprint density at radius 1 is 1.19 bits per heavy atom. The lowest BCUT2D eigenvalue weighted by Crippen LogP contribution is -2.37. The highest BCUT2D eigenvalue weighted by Gasteiger charge is 2.25. The number of ether oxygens (including phenoxy) is 1. The van der Waals surface area contributed by atoms with Crippen LogP contribution in [0.5, 0.6) is 0 Å². The zero-order chi connectivity index (χ0) is 18.6. The van der Waals surface area contributed by atoms with Crippen LogP contribution in [0, 0.1) is 0 Å².